The van der Waals surface area contributed by atoms with Gasteiger partial charge in [0.1, 0.15) is 17.2 Å². The fourth-order valence-corrected chi connectivity index (χ4v) is 3.93. The number of carbonyl (C=O) groups excluding carboxylic acids is 2. The van der Waals surface area contributed by atoms with Crippen molar-refractivity contribution in [1.82, 2.24) is 9.62 Å². The molecule has 142 valence electrons. The van der Waals surface area contributed by atoms with E-state index >= 15 is 0 Å². The Balaban J connectivity index is 1.81. The molecule has 0 spiro atoms. The van der Waals surface area contributed by atoms with E-state index in [0.29, 0.717) is 0 Å². The van der Waals surface area contributed by atoms with Gasteiger partial charge in [0.15, 0.2) is 0 Å². The van der Waals surface area contributed by atoms with Crippen LogP contribution in [0.4, 0.5) is 8.78 Å². The normalized spacial score (nSPS) is 19.3. The van der Waals surface area contributed by atoms with Crippen LogP contribution in [0.2, 0.25) is 0 Å². The highest BCUT2D eigenvalue weighted by Crippen LogP contribution is 2.32. The fraction of sp³-hybridized carbons (Fsp3) is 0.222. The predicted molar refractivity (Wildman–Crippen MR) is 92.2 cm³/mol. The molecule has 1 aliphatic rings. The van der Waals surface area contributed by atoms with Crippen molar-refractivity contribution in [2.24, 2.45) is 0 Å². The molecule has 0 aliphatic carbocycles. The second-order valence-corrected chi connectivity index (χ2v) is 8.07. The van der Waals surface area contributed by atoms with Crippen LogP contribution in [0.5, 0.6) is 0 Å². The maximum Gasteiger partial charge on any atom is 0.264 e. The first-order chi connectivity index (χ1) is 12.6. The summed E-state index contributed by atoms with van der Waals surface area (Å²) in [7, 11) is -4.30. The molecule has 1 heterocycles. The van der Waals surface area contributed by atoms with E-state index in [0.717, 1.165) is 24.3 Å². The van der Waals surface area contributed by atoms with Gasteiger partial charge in [-0.3, -0.25) is 9.59 Å². The average molecular weight is 394 g/mol. The van der Waals surface area contributed by atoms with Crippen LogP contribution in [0.3, 0.4) is 0 Å². The molecule has 3 rings (SSSR count). The quantitative estimate of drug-likeness (QED) is 0.861. The highest BCUT2D eigenvalue weighted by atomic mass is 32.2. The molecule has 1 unspecified atom stereocenters. The standard InChI is InChI=1S/C18H16F2N2O4S/c1-18(8-9-22(18)16(23)12-4-2-5-13(19)10-12)17(24)21-27(25,26)15-7-3-6-14(20)11-15/h2-7,10-11H,8-9H2,1H3,(H,21,24). The van der Waals surface area contributed by atoms with Crippen LogP contribution in [-0.2, 0) is 14.8 Å². The number of nitrogens with one attached hydrogen (secondary N) is 1. The Morgan fingerprint density at radius 2 is 1.70 bits per heavy atom. The third-order valence-electron chi connectivity index (χ3n) is 4.56. The maximum atomic E-state index is 13.3. The molecule has 1 saturated heterocycles. The van der Waals surface area contributed by atoms with Crippen LogP contribution >= 0.6 is 0 Å². The van der Waals surface area contributed by atoms with E-state index in [1.165, 1.54) is 36.1 Å². The summed E-state index contributed by atoms with van der Waals surface area (Å²) in [6.45, 7) is 1.64. The number of hydrogen-bond acceptors (Lipinski definition) is 4. The van der Waals surface area contributed by atoms with Crippen molar-refractivity contribution in [2.75, 3.05) is 6.54 Å². The van der Waals surface area contributed by atoms with Gasteiger partial charge in [-0.1, -0.05) is 12.1 Å². The lowest BCUT2D eigenvalue weighted by molar-refractivity contribution is -0.135. The Morgan fingerprint density at radius 3 is 2.26 bits per heavy atom. The summed E-state index contributed by atoms with van der Waals surface area (Å²) in [6.07, 6.45) is 0.235. The Kier molecular flexibility index (Phi) is 4.73. The molecule has 2 amide bonds. The third-order valence-corrected chi connectivity index (χ3v) is 5.89. The highest BCUT2D eigenvalue weighted by Gasteiger charge is 2.50. The fourth-order valence-electron chi connectivity index (χ4n) is 2.82. The van der Waals surface area contributed by atoms with Crippen molar-refractivity contribution >= 4 is 21.8 Å². The highest BCUT2D eigenvalue weighted by molar-refractivity contribution is 7.90. The molecule has 6 nitrogen and oxygen atoms in total. The van der Waals surface area contributed by atoms with Crippen molar-refractivity contribution in [3.8, 4) is 0 Å². The largest absolute Gasteiger partial charge is 0.324 e. The van der Waals surface area contributed by atoms with Crippen molar-refractivity contribution in [2.45, 2.75) is 23.8 Å². The zero-order valence-corrected chi connectivity index (χ0v) is 15.1. The minimum absolute atomic E-state index is 0.0571. The van der Waals surface area contributed by atoms with E-state index in [1.54, 1.807) is 0 Å². The second-order valence-electron chi connectivity index (χ2n) is 6.38. The number of hydrogen-bond donors (Lipinski definition) is 1. The molecule has 0 radical (unpaired) electrons. The Labute approximate surface area is 154 Å². The first kappa shape index (κ1) is 19.0. The van der Waals surface area contributed by atoms with Gasteiger partial charge in [0.25, 0.3) is 21.8 Å². The molecule has 0 bridgehead atoms. The lowest BCUT2D eigenvalue weighted by Gasteiger charge is -2.48. The van der Waals surface area contributed by atoms with Crippen molar-refractivity contribution in [3.05, 3.63) is 65.7 Å². The first-order valence-corrected chi connectivity index (χ1v) is 9.52. The number of nitrogens with zero attached hydrogens (tertiary/aromatic N) is 1. The van der Waals surface area contributed by atoms with Gasteiger partial charge in [-0.25, -0.2) is 21.9 Å². The van der Waals surface area contributed by atoms with Crippen LogP contribution in [-0.4, -0.2) is 37.2 Å². The molecule has 9 heteroatoms. The van der Waals surface area contributed by atoms with Crippen LogP contribution in [0.15, 0.2) is 53.4 Å². The molecule has 0 aromatic heterocycles. The number of amides is 2. The number of sulfonamides is 1. The lowest BCUT2D eigenvalue weighted by atomic mass is 9.85. The predicted octanol–water partition coefficient (Wildman–Crippen LogP) is 2.07. The molecule has 1 atom stereocenters. The minimum atomic E-state index is -4.30. The van der Waals surface area contributed by atoms with Crippen LogP contribution in [0.25, 0.3) is 0 Å². The topological polar surface area (TPSA) is 83.6 Å². The van der Waals surface area contributed by atoms with Gasteiger partial charge in [-0.05, 0) is 49.7 Å². The molecule has 1 fully saturated rings. The minimum Gasteiger partial charge on any atom is -0.324 e. The van der Waals surface area contributed by atoms with Gasteiger partial charge in [0, 0.05) is 12.1 Å². The number of carbonyl (C=O) groups is 2. The van der Waals surface area contributed by atoms with E-state index in [4.69, 9.17) is 0 Å². The number of rotatable bonds is 4. The first-order valence-electron chi connectivity index (χ1n) is 8.04. The van der Waals surface area contributed by atoms with Gasteiger partial charge in [0.05, 0.1) is 4.90 Å². The van der Waals surface area contributed by atoms with Crippen LogP contribution in [0.1, 0.15) is 23.7 Å². The van der Waals surface area contributed by atoms with Gasteiger partial charge in [-0.15, -0.1) is 0 Å². The lowest BCUT2D eigenvalue weighted by Crippen LogP contribution is -2.67. The van der Waals surface area contributed by atoms with E-state index in [-0.39, 0.29) is 18.5 Å². The smallest absolute Gasteiger partial charge is 0.264 e. The zero-order chi connectivity index (χ0) is 19.8. The van der Waals surface area contributed by atoms with E-state index in [9.17, 15) is 26.8 Å². The summed E-state index contributed by atoms with van der Waals surface area (Å²) in [4.78, 5) is 25.9. The maximum absolute atomic E-state index is 13.3. The monoisotopic (exact) mass is 394 g/mol. The van der Waals surface area contributed by atoms with Gasteiger partial charge < -0.3 is 4.90 Å². The van der Waals surface area contributed by atoms with Crippen molar-refractivity contribution in [3.63, 3.8) is 0 Å². The van der Waals surface area contributed by atoms with Crippen LogP contribution in [0, 0.1) is 11.6 Å². The molecule has 1 N–H and O–H groups in total. The van der Waals surface area contributed by atoms with Gasteiger partial charge in [-0.2, -0.15) is 0 Å². The average Bonchev–Trinajstić information content (AvgIpc) is 2.59. The van der Waals surface area contributed by atoms with Crippen molar-refractivity contribution < 1.29 is 26.8 Å². The summed E-state index contributed by atoms with van der Waals surface area (Å²) in [6, 6.07) is 9.23. The van der Waals surface area contributed by atoms with E-state index in [1.807, 2.05) is 4.72 Å². The molecule has 27 heavy (non-hydrogen) atoms. The molecule has 2 aromatic rings. The molecule has 2 aromatic carbocycles. The van der Waals surface area contributed by atoms with Gasteiger partial charge in [0.2, 0.25) is 0 Å². The summed E-state index contributed by atoms with van der Waals surface area (Å²) in [5, 5.41) is 0. The third kappa shape index (κ3) is 3.55. The zero-order valence-electron chi connectivity index (χ0n) is 14.3. The summed E-state index contributed by atoms with van der Waals surface area (Å²) in [5.74, 6) is -2.85. The Morgan fingerprint density at radius 1 is 1.07 bits per heavy atom. The van der Waals surface area contributed by atoms with Crippen molar-refractivity contribution in [1.29, 1.82) is 0 Å². The van der Waals surface area contributed by atoms with E-state index < -0.39 is 43.9 Å². The molecular formula is C18H16F2N2O4S. The Bertz CT molecular complexity index is 1030. The summed E-state index contributed by atoms with van der Waals surface area (Å²) in [5.41, 5.74) is -1.36. The number of likely N-dealkylation sites (tertiary alicyclic amines) is 1. The summed E-state index contributed by atoms with van der Waals surface area (Å²) >= 11 is 0. The summed E-state index contributed by atoms with van der Waals surface area (Å²) < 4.78 is 53.2. The van der Waals surface area contributed by atoms with Crippen LogP contribution < -0.4 is 4.72 Å². The molecular weight excluding hydrogens is 378 g/mol. The number of halogens is 2. The number of benzene rings is 2. The second kappa shape index (κ2) is 6.73. The molecule has 0 saturated carbocycles. The Hall–Kier alpha value is -2.81. The van der Waals surface area contributed by atoms with E-state index in [2.05, 4.69) is 0 Å². The van der Waals surface area contributed by atoms with Gasteiger partial charge >= 0.3 is 0 Å². The molecule has 1 aliphatic heterocycles. The SMILES string of the molecule is CC1(C(=O)NS(=O)(=O)c2cccc(F)c2)CCN1C(=O)c1cccc(F)c1.